The van der Waals surface area contributed by atoms with Crippen LogP contribution in [0.15, 0.2) is 0 Å². The highest BCUT2D eigenvalue weighted by Gasteiger charge is 2.09. The maximum absolute atomic E-state index is 11.2. The van der Waals surface area contributed by atoms with Crippen molar-refractivity contribution >= 4 is 11.9 Å². The van der Waals surface area contributed by atoms with Crippen LogP contribution < -0.4 is 0 Å². The molecule has 0 aliphatic carbocycles. The number of carbonyl (C=O) groups excluding carboxylic acids is 2. The molecule has 0 spiro atoms. The standard InChI is InChI=1S/C12H22O6/c1-10(13)12(15)18-7-5-3-4-6-11(14)17-9-8-16-2/h10,13H,3-9H2,1-2H3. The topological polar surface area (TPSA) is 82.1 Å². The zero-order valence-corrected chi connectivity index (χ0v) is 11.0. The van der Waals surface area contributed by atoms with Crippen LogP contribution in [0.5, 0.6) is 0 Å². The highest BCUT2D eigenvalue weighted by molar-refractivity contribution is 5.73. The van der Waals surface area contributed by atoms with Crippen LogP contribution in [-0.2, 0) is 23.8 Å². The van der Waals surface area contributed by atoms with Gasteiger partial charge in [-0.3, -0.25) is 4.79 Å². The average molecular weight is 262 g/mol. The van der Waals surface area contributed by atoms with Gasteiger partial charge in [-0.05, 0) is 26.2 Å². The smallest absolute Gasteiger partial charge is 0.334 e. The first-order valence-corrected chi connectivity index (χ1v) is 6.07. The third-order valence-electron chi connectivity index (χ3n) is 2.16. The van der Waals surface area contributed by atoms with Gasteiger partial charge in [0.2, 0.25) is 0 Å². The minimum absolute atomic E-state index is 0.243. The molecular formula is C12H22O6. The Bertz CT molecular complexity index is 239. The Kier molecular flexibility index (Phi) is 10.3. The SMILES string of the molecule is COCCOC(=O)CCCCCOC(=O)C(C)O. The molecule has 0 saturated carbocycles. The van der Waals surface area contributed by atoms with Crippen LogP contribution in [0.1, 0.15) is 32.6 Å². The molecule has 0 radical (unpaired) electrons. The van der Waals surface area contributed by atoms with Gasteiger partial charge in [0.25, 0.3) is 0 Å². The first-order valence-electron chi connectivity index (χ1n) is 6.07. The maximum atomic E-state index is 11.2. The number of esters is 2. The fraction of sp³-hybridized carbons (Fsp3) is 0.833. The summed E-state index contributed by atoms with van der Waals surface area (Å²) in [6, 6.07) is 0. The van der Waals surface area contributed by atoms with E-state index >= 15 is 0 Å². The summed E-state index contributed by atoms with van der Waals surface area (Å²) in [6.45, 7) is 2.31. The van der Waals surface area contributed by atoms with Crippen molar-refractivity contribution in [2.24, 2.45) is 0 Å². The fourth-order valence-electron chi connectivity index (χ4n) is 1.15. The number of methoxy groups -OCH3 is 1. The first kappa shape index (κ1) is 16.9. The maximum Gasteiger partial charge on any atom is 0.334 e. The van der Waals surface area contributed by atoms with Crippen molar-refractivity contribution in [1.29, 1.82) is 0 Å². The molecule has 1 N–H and O–H groups in total. The lowest BCUT2D eigenvalue weighted by Gasteiger charge is -2.06. The molecule has 0 aliphatic heterocycles. The van der Waals surface area contributed by atoms with Gasteiger partial charge in [-0.1, -0.05) is 0 Å². The first-order chi connectivity index (χ1) is 8.57. The zero-order valence-electron chi connectivity index (χ0n) is 11.0. The van der Waals surface area contributed by atoms with E-state index in [9.17, 15) is 9.59 Å². The van der Waals surface area contributed by atoms with E-state index in [1.54, 1.807) is 7.11 Å². The van der Waals surface area contributed by atoms with Gasteiger partial charge in [0.05, 0.1) is 13.2 Å². The summed E-state index contributed by atoms with van der Waals surface area (Å²) in [7, 11) is 1.54. The van der Waals surface area contributed by atoms with E-state index in [0.29, 0.717) is 25.9 Å². The number of carbonyl (C=O) groups is 2. The van der Waals surface area contributed by atoms with Crippen molar-refractivity contribution in [3.8, 4) is 0 Å². The Morgan fingerprint density at radius 3 is 2.39 bits per heavy atom. The number of hydrogen-bond donors (Lipinski definition) is 1. The zero-order chi connectivity index (χ0) is 13.8. The van der Waals surface area contributed by atoms with E-state index in [-0.39, 0.29) is 19.2 Å². The van der Waals surface area contributed by atoms with Gasteiger partial charge in [0.15, 0.2) is 0 Å². The molecule has 1 atom stereocenters. The Balaban J connectivity index is 3.29. The van der Waals surface area contributed by atoms with Gasteiger partial charge < -0.3 is 19.3 Å². The number of aliphatic hydroxyl groups excluding tert-OH is 1. The summed E-state index contributed by atoms with van der Waals surface area (Å²) in [5.41, 5.74) is 0. The van der Waals surface area contributed by atoms with Crippen LogP contribution in [-0.4, -0.2) is 50.1 Å². The van der Waals surface area contributed by atoms with E-state index in [4.69, 9.17) is 19.3 Å². The number of ether oxygens (including phenoxy) is 3. The lowest BCUT2D eigenvalue weighted by molar-refractivity contribution is -0.152. The lowest BCUT2D eigenvalue weighted by Crippen LogP contribution is -2.19. The van der Waals surface area contributed by atoms with E-state index in [2.05, 4.69) is 0 Å². The molecule has 0 aliphatic rings. The molecule has 1 unspecified atom stereocenters. The van der Waals surface area contributed by atoms with Crippen molar-refractivity contribution < 1.29 is 28.9 Å². The van der Waals surface area contributed by atoms with Crippen molar-refractivity contribution in [3.05, 3.63) is 0 Å². The van der Waals surface area contributed by atoms with Gasteiger partial charge in [0, 0.05) is 13.5 Å². The monoisotopic (exact) mass is 262 g/mol. The van der Waals surface area contributed by atoms with E-state index in [0.717, 1.165) is 6.42 Å². The van der Waals surface area contributed by atoms with Crippen LogP contribution in [0.4, 0.5) is 0 Å². The van der Waals surface area contributed by atoms with Gasteiger partial charge in [-0.2, -0.15) is 0 Å². The molecule has 0 amide bonds. The molecule has 0 rings (SSSR count). The Hall–Kier alpha value is -1.14. The average Bonchev–Trinajstić information content (AvgIpc) is 2.33. The highest BCUT2D eigenvalue weighted by Crippen LogP contribution is 2.02. The molecule has 0 bridgehead atoms. The third kappa shape index (κ3) is 10.0. The van der Waals surface area contributed by atoms with Crippen LogP contribution >= 0.6 is 0 Å². The van der Waals surface area contributed by atoms with Crippen LogP contribution in [0.3, 0.4) is 0 Å². The molecule has 106 valence electrons. The molecule has 0 aromatic carbocycles. The summed E-state index contributed by atoms with van der Waals surface area (Å²) in [5, 5.41) is 8.85. The van der Waals surface area contributed by atoms with Crippen LogP contribution in [0.25, 0.3) is 0 Å². The van der Waals surface area contributed by atoms with Crippen molar-refractivity contribution in [2.75, 3.05) is 26.9 Å². The molecule has 0 aromatic heterocycles. The van der Waals surface area contributed by atoms with Crippen LogP contribution in [0.2, 0.25) is 0 Å². The Morgan fingerprint density at radius 2 is 1.78 bits per heavy atom. The molecule has 6 heteroatoms. The Morgan fingerprint density at radius 1 is 1.06 bits per heavy atom. The summed E-state index contributed by atoms with van der Waals surface area (Å²) in [4.78, 5) is 22.0. The third-order valence-corrected chi connectivity index (χ3v) is 2.16. The van der Waals surface area contributed by atoms with E-state index < -0.39 is 12.1 Å². The summed E-state index contributed by atoms with van der Waals surface area (Å²) >= 11 is 0. The summed E-state index contributed by atoms with van der Waals surface area (Å²) in [6.07, 6.45) is 1.41. The van der Waals surface area contributed by atoms with Gasteiger partial charge in [-0.15, -0.1) is 0 Å². The summed E-state index contributed by atoms with van der Waals surface area (Å²) in [5.74, 6) is -0.859. The van der Waals surface area contributed by atoms with E-state index in [1.807, 2.05) is 0 Å². The molecule has 0 saturated heterocycles. The highest BCUT2D eigenvalue weighted by atomic mass is 16.6. The molecule has 0 aromatic rings. The van der Waals surface area contributed by atoms with Crippen molar-refractivity contribution in [2.45, 2.75) is 38.7 Å². The minimum Gasteiger partial charge on any atom is -0.464 e. The number of hydrogen-bond acceptors (Lipinski definition) is 6. The van der Waals surface area contributed by atoms with Gasteiger partial charge in [0.1, 0.15) is 12.7 Å². The second kappa shape index (κ2) is 11.0. The Labute approximate surface area is 107 Å². The minimum atomic E-state index is -1.08. The number of aliphatic hydroxyl groups is 1. The molecule has 0 fully saturated rings. The quantitative estimate of drug-likeness (QED) is 0.460. The van der Waals surface area contributed by atoms with Gasteiger partial charge >= 0.3 is 11.9 Å². The molecule has 6 nitrogen and oxygen atoms in total. The fourth-order valence-corrected chi connectivity index (χ4v) is 1.15. The largest absolute Gasteiger partial charge is 0.464 e. The molecular weight excluding hydrogens is 240 g/mol. The second-order valence-electron chi connectivity index (χ2n) is 3.87. The van der Waals surface area contributed by atoms with Crippen molar-refractivity contribution in [3.63, 3.8) is 0 Å². The van der Waals surface area contributed by atoms with E-state index in [1.165, 1.54) is 6.92 Å². The number of unbranched alkanes of at least 4 members (excludes halogenated alkanes) is 2. The number of rotatable bonds is 10. The predicted molar refractivity (Wildman–Crippen MR) is 63.9 cm³/mol. The predicted octanol–water partition coefficient (Wildman–Crippen LogP) is 0.660. The molecule has 0 heterocycles. The normalized spacial score (nSPS) is 11.9. The molecule has 18 heavy (non-hydrogen) atoms. The van der Waals surface area contributed by atoms with Gasteiger partial charge in [-0.25, -0.2) is 4.79 Å². The van der Waals surface area contributed by atoms with Crippen molar-refractivity contribution in [1.82, 2.24) is 0 Å². The summed E-state index contributed by atoms with van der Waals surface area (Å²) < 4.78 is 14.4. The second-order valence-corrected chi connectivity index (χ2v) is 3.87. The lowest BCUT2D eigenvalue weighted by atomic mass is 10.2. The van der Waals surface area contributed by atoms with Crippen LogP contribution in [0, 0.1) is 0 Å².